The SMILES string of the molecule is CC(=O)O[C@H](C)CNc1ncc(C(F)(F)F)cc1N. The van der Waals surface area contributed by atoms with Gasteiger partial charge < -0.3 is 15.8 Å². The third-order valence-electron chi connectivity index (χ3n) is 2.17. The molecule has 0 aliphatic rings. The molecule has 1 aromatic rings. The van der Waals surface area contributed by atoms with Crippen molar-refractivity contribution < 1.29 is 22.7 Å². The van der Waals surface area contributed by atoms with Gasteiger partial charge in [0.1, 0.15) is 11.9 Å². The Hall–Kier alpha value is -1.99. The van der Waals surface area contributed by atoms with E-state index in [4.69, 9.17) is 10.5 Å². The van der Waals surface area contributed by atoms with Gasteiger partial charge in [-0.25, -0.2) is 4.98 Å². The molecule has 5 nitrogen and oxygen atoms in total. The van der Waals surface area contributed by atoms with Gasteiger partial charge in [-0.2, -0.15) is 13.2 Å². The maximum Gasteiger partial charge on any atom is 0.417 e. The van der Waals surface area contributed by atoms with Crippen molar-refractivity contribution in [2.75, 3.05) is 17.6 Å². The molecule has 1 atom stereocenters. The Morgan fingerprint density at radius 3 is 2.68 bits per heavy atom. The van der Waals surface area contributed by atoms with E-state index in [9.17, 15) is 18.0 Å². The van der Waals surface area contributed by atoms with E-state index in [1.165, 1.54) is 6.92 Å². The minimum absolute atomic E-state index is 0.118. The minimum atomic E-state index is -4.48. The van der Waals surface area contributed by atoms with E-state index >= 15 is 0 Å². The van der Waals surface area contributed by atoms with Crippen molar-refractivity contribution >= 4 is 17.5 Å². The summed E-state index contributed by atoms with van der Waals surface area (Å²) in [4.78, 5) is 14.3. The Morgan fingerprint density at radius 1 is 1.58 bits per heavy atom. The van der Waals surface area contributed by atoms with Crippen LogP contribution in [0.15, 0.2) is 12.3 Å². The molecule has 8 heteroatoms. The summed E-state index contributed by atoms with van der Waals surface area (Å²) in [5.41, 5.74) is 4.44. The Balaban J connectivity index is 2.68. The van der Waals surface area contributed by atoms with Crippen LogP contribution in [0.4, 0.5) is 24.7 Å². The van der Waals surface area contributed by atoms with E-state index in [0.29, 0.717) is 6.20 Å². The normalized spacial score (nSPS) is 12.9. The highest BCUT2D eigenvalue weighted by atomic mass is 19.4. The summed E-state index contributed by atoms with van der Waals surface area (Å²) in [6.07, 6.45) is -4.24. The number of nitrogens with zero attached hydrogens (tertiary/aromatic N) is 1. The molecule has 0 radical (unpaired) electrons. The number of pyridine rings is 1. The van der Waals surface area contributed by atoms with Gasteiger partial charge in [-0.3, -0.25) is 4.79 Å². The predicted octanol–water partition coefficient (Wildman–Crippen LogP) is 2.05. The number of halogens is 3. The lowest BCUT2D eigenvalue weighted by Gasteiger charge is -2.15. The highest BCUT2D eigenvalue weighted by Crippen LogP contribution is 2.31. The summed E-state index contributed by atoms with van der Waals surface area (Å²) in [5.74, 6) is -0.324. The summed E-state index contributed by atoms with van der Waals surface area (Å²) in [6.45, 7) is 3.10. The first-order chi connectivity index (χ1) is 8.70. The number of carbonyl (C=O) groups is 1. The fraction of sp³-hybridized carbons (Fsp3) is 0.455. The number of carbonyl (C=O) groups excluding carboxylic acids is 1. The number of nitrogens with one attached hydrogen (secondary N) is 1. The number of nitrogens with two attached hydrogens (primary N) is 1. The van der Waals surface area contributed by atoms with Crippen molar-refractivity contribution in [3.05, 3.63) is 17.8 Å². The number of ether oxygens (including phenoxy) is 1. The standard InChI is InChI=1S/C11H14F3N3O2/c1-6(19-7(2)18)4-16-10-9(15)3-8(5-17-10)11(12,13)14/h3,5-6H,4,15H2,1-2H3,(H,16,17)/t6-/m1/s1. The van der Waals surface area contributed by atoms with E-state index in [1.54, 1.807) is 6.92 Å². The van der Waals surface area contributed by atoms with E-state index < -0.39 is 23.8 Å². The third kappa shape index (κ3) is 4.65. The summed E-state index contributed by atoms with van der Waals surface area (Å²) in [5, 5.41) is 2.72. The van der Waals surface area contributed by atoms with Crippen molar-refractivity contribution in [1.29, 1.82) is 0 Å². The maximum absolute atomic E-state index is 12.4. The summed E-state index contributed by atoms with van der Waals surface area (Å²) < 4.78 is 42.0. The first-order valence-electron chi connectivity index (χ1n) is 5.44. The van der Waals surface area contributed by atoms with Crippen molar-refractivity contribution in [3.8, 4) is 0 Å². The first kappa shape index (κ1) is 15.1. The second-order valence-electron chi connectivity index (χ2n) is 3.96. The zero-order valence-electron chi connectivity index (χ0n) is 10.4. The van der Waals surface area contributed by atoms with Gasteiger partial charge in [0.05, 0.1) is 17.8 Å². The Labute approximate surface area is 108 Å². The molecule has 1 rings (SSSR count). The van der Waals surface area contributed by atoms with Crippen molar-refractivity contribution in [3.63, 3.8) is 0 Å². The fourth-order valence-electron chi connectivity index (χ4n) is 1.35. The summed E-state index contributed by atoms with van der Waals surface area (Å²) >= 11 is 0. The third-order valence-corrected chi connectivity index (χ3v) is 2.17. The monoisotopic (exact) mass is 277 g/mol. The van der Waals surface area contributed by atoms with Crippen LogP contribution < -0.4 is 11.1 Å². The molecule has 0 saturated carbocycles. The van der Waals surface area contributed by atoms with Crippen LogP contribution in [0.3, 0.4) is 0 Å². The summed E-state index contributed by atoms with van der Waals surface area (Å²) in [6, 6.07) is 0.797. The molecule has 19 heavy (non-hydrogen) atoms. The van der Waals surface area contributed by atoms with Crippen LogP contribution >= 0.6 is 0 Å². The van der Waals surface area contributed by atoms with Crippen LogP contribution in [0.5, 0.6) is 0 Å². The minimum Gasteiger partial charge on any atom is -0.461 e. The van der Waals surface area contributed by atoms with Gasteiger partial charge >= 0.3 is 12.1 Å². The second kappa shape index (κ2) is 5.77. The molecule has 3 N–H and O–H groups in total. The van der Waals surface area contributed by atoms with E-state index in [1.807, 2.05) is 0 Å². The Kier molecular flexibility index (Phi) is 4.57. The first-order valence-corrected chi connectivity index (χ1v) is 5.44. The molecule has 0 saturated heterocycles. The van der Waals surface area contributed by atoms with E-state index in [0.717, 1.165) is 6.07 Å². The molecule has 0 spiro atoms. The maximum atomic E-state index is 12.4. The zero-order chi connectivity index (χ0) is 14.6. The number of rotatable bonds is 4. The van der Waals surface area contributed by atoms with Gasteiger partial charge in [-0.15, -0.1) is 0 Å². The van der Waals surface area contributed by atoms with Gasteiger partial charge in [0.2, 0.25) is 0 Å². The molecule has 0 amide bonds. The van der Waals surface area contributed by atoms with Gasteiger partial charge in [-0.1, -0.05) is 0 Å². The number of hydrogen-bond acceptors (Lipinski definition) is 5. The van der Waals surface area contributed by atoms with E-state index in [2.05, 4.69) is 10.3 Å². The number of nitrogen functional groups attached to an aromatic ring is 1. The molecule has 1 heterocycles. The quantitative estimate of drug-likeness (QED) is 0.824. The molecule has 0 aliphatic carbocycles. The van der Waals surface area contributed by atoms with Crippen LogP contribution in [0.25, 0.3) is 0 Å². The van der Waals surface area contributed by atoms with E-state index in [-0.39, 0.29) is 18.1 Å². The molecule has 1 aromatic heterocycles. The topological polar surface area (TPSA) is 77.2 Å². The Bertz CT molecular complexity index is 463. The number of hydrogen-bond donors (Lipinski definition) is 2. The molecule has 106 valence electrons. The molecule has 0 fully saturated rings. The zero-order valence-corrected chi connectivity index (χ0v) is 10.4. The van der Waals surface area contributed by atoms with Crippen LogP contribution in [0, 0.1) is 0 Å². The highest BCUT2D eigenvalue weighted by molar-refractivity contribution is 5.66. The van der Waals surface area contributed by atoms with Gasteiger partial charge in [0.25, 0.3) is 0 Å². The second-order valence-corrected chi connectivity index (χ2v) is 3.96. The Morgan fingerprint density at radius 2 is 2.21 bits per heavy atom. The summed E-state index contributed by atoms with van der Waals surface area (Å²) in [7, 11) is 0. The number of aromatic nitrogens is 1. The van der Waals surface area contributed by atoms with Crippen molar-refractivity contribution in [2.45, 2.75) is 26.1 Å². The lowest BCUT2D eigenvalue weighted by Crippen LogP contribution is -2.23. The number of anilines is 2. The van der Waals surface area contributed by atoms with Crippen LogP contribution in [-0.4, -0.2) is 23.6 Å². The predicted molar refractivity (Wildman–Crippen MR) is 63.4 cm³/mol. The fourth-order valence-corrected chi connectivity index (χ4v) is 1.35. The molecule has 0 bridgehead atoms. The van der Waals surface area contributed by atoms with Crippen molar-refractivity contribution in [1.82, 2.24) is 4.98 Å². The molecule has 0 aliphatic heterocycles. The lowest BCUT2D eigenvalue weighted by atomic mass is 10.2. The molecule has 0 aromatic carbocycles. The number of esters is 1. The highest BCUT2D eigenvalue weighted by Gasteiger charge is 2.31. The van der Waals surface area contributed by atoms with Crippen molar-refractivity contribution in [2.24, 2.45) is 0 Å². The van der Waals surface area contributed by atoms with Crippen LogP contribution in [0.2, 0.25) is 0 Å². The van der Waals surface area contributed by atoms with Gasteiger partial charge in [-0.05, 0) is 13.0 Å². The largest absolute Gasteiger partial charge is 0.461 e. The molecular weight excluding hydrogens is 263 g/mol. The molecular formula is C11H14F3N3O2. The lowest BCUT2D eigenvalue weighted by molar-refractivity contribution is -0.144. The number of alkyl halides is 3. The van der Waals surface area contributed by atoms with Crippen LogP contribution in [-0.2, 0) is 15.7 Å². The van der Waals surface area contributed by atoms with Gasteiger partial charge in [0.15, 0.2) is 0 Å². The average Bonchev–Trinajstić information content (AvgIpc) is 2.25. The van der Waals surface area contributed by atoms with Crippen LogP contribution in [0.1, 0.15) is 19.4 Å². The molecule has 0 unspecified atom stereocenters. The van der Waals surface area contributed by atoms with Gasteiger partial charge in [0, 0.05) is 13.1 Å². The smallest absolute Gasteiger partial charge is 0.417 e. The average molecular weight is 277 g/mol.